The molecular weight excluding hydrogens is 344 g/mol. The Hall–Kier alpha value is -0.390. The Morgan fingerprint density at radius 3 is 2.87 bits per heavy atom. The molecule has 0 N–H and O–H groups in total. The molecule has 1 aromatic carbocycles. The van der Waals surface area contributed by atoms with E-state index in [4.69, 9.17) is 4.74 Å². The summed E-state index contributed by atoms with van der Waals surface area (Å²) in [4.78, 5) is 11.1. The molecule has 0 unspecified atom stereocenters. The maximum Gasteiger partial charge on any atom is 0.293 e. The van der Waals surface area contributed by atoms with Crippen molar-refractivity contribution in [3.05, 3.63) is 32.0 Å². The largest absolute Gasteiger partial charge is 0.462 e. The topological polar surface area (TPSA) is 26.3 Å². The number of carbonyl (C=O) groups is 1. The molecule has 0 aliphatic carbocycles. The van der Waals surface area contributed by atoms with Gasteiger partial charge in [0, 0.05) is 19.0 Å². The zero-order chi connectivity index (χ0) is 10.8. The SMILES string of the molecule is O=COCc1sc2cccc(Br)c2c1Br. The molecule has 0 amide bonds. The molecule has 2 rings (SSSR count). The molecule has 0 spiro atoms. The predicted octanol–water partition coefficient (Wildman–Crippen LogP) is 4.10. The summed E-state index contributed by atoms with van der Waals surface area (Å²) in [5, 5.41) is 1.13. The van der Waals surface area contributed by atoms with Gasteiger partial charge in [0.15, 0.2) is 0 Å². The average Bonchev–Trinajstić information content (AvgIpc) is 2.54. The van der Waals surface area contributed by atoms with Crippen LogP contribution in [0.2, 0.25) is 0 Å². The monoisotopic (exact) mass is 348 g/mol. The van der Waals surface area contributed by atoms with Crippen LogP contribution in [0, 0.1) is 0 Å². The summed E-state index contributed by atoms with van der Waals surface area (Å²) in [6, 6.07) is 6.02. The van der Waals surface area contributed by atoms with Crippen molar-refractivity contribution in [1.82, 2.24) is 0 Å². The van der Waals surface area contributed by atoms with Crippen molar-refractivity contribution in [2.24, 2.45) is 0 Å². The van der Waals surface area contributed by atoms with Gasteiger partial charge in [-0.3, -0.25) is 4.79 Å². The number of hydrogen-bond acceptors (Lipinski definition) is 3. The second kappa shape index (κ2) is 4.63. The smallest absolute Gasteiger partial charge is 0.293 e. The van der Waals surface area contributed by atoms with Crippen molar-refractivity contribution in [3.8, 4) is 0 Å². The number of ether oxygens (including phenoxy) is 1. The number of fused-ring (bicyclic) bond motifs is 1. The first-order chi connectivity index (χ1) is 7.24. The van der Waals surface area contributed by atoms with Crippen LogP contribution in [-0.2, 0) is 16.1 Å². The number of halogens is 2. The molecule has 0 bridgehead atoms. The van der Waals surface area contributed by atoms with Crippen LogP contribution in [0.1, 0.15) is 4.88 Å². The highest BCUT2D eigenvalue weighted by Gasteiger charge is 2.12. The lowest BCUT2D eigenvalue weighted by Gasteiger charge is -1.96. The maximum atomic E-state index is 10.1. The Morgan fingerprint density at radius 2 is 2.20 bits per heavy atom. The van der Waals surface area contributed by atoms with Crippen molar-refractivity contribution in [2.45, 2.75) is 6.61 Å². The minimum atomic E-state index is 0.315. The van der Waals surface area contributed by atoms with Gasteiger partial charge in [-0.15, -0.1) is 11.3 Å². The minimum Gasteiger partial charge on any atom is -0.462 e. The number of thiophene rings is 1. The van der Waals surface area contributed by atoms with Gasteiger partial charge < -0.3 is 4.74 Å². The molecule has 0 radical (unpaired) electrons. The standard InChI is InChI=1S/C10H6Br2O2S/c11-6-2-1-3-7-9(6)10(12)8(15-7)4-14-5-13/h1-3,5H,4H2. The van der Waals surface area contributed by atoms with E-state index in [0.717, 1.165) is 19.2 Å². The lowest BCUT2D eigenvalue weighted by atomic mass is 10.2. The van der Waals surface area contributed by atoms with E-state index in [9.17, 15) is 4.79 Å². The lowest BCUT2D eigenvalue weighted by Crippen LogP contribution is -1.86. The zero-order valence-electron chi connectivity index (χ0n) is 7.50. The number of hydrogen-bond donors (Lipinski definition) is 0. The quantitative estimate of drug-likeness (QED) is 0.780. The number of rotatable bonds is 3. The lowest BCUT2D eigenvalue weighted by molar-refractivity contribution is -0.129. The Morgan fingerprint density at radius 1 is 1.40 bits per heavy atom. The third kappa shape index (κ3) is 2.09. The van der Waals surface area contributed by atoms with Gasteiger partial charge in [-0.2, -0.15) is 0 Å². The number of benzene rings is 1. The Balaban J connectivity index is 2.54. The van der Waals surface area contributed by atoms with Gasteiger partial charge in [0.2, 0.25) is 0 Å². The fraction of sp³-hybridized carbons (Fsp3) is 0.100. The van der Waals surface area contributed by atoms with Gasteiger partial charge in [-0.1, -0.05) is 22.0 Å². The van der Waals surface area contributed by atoms with Crippen molar-refractivity contribution < 1.29 is 9.53 Å². The van der Waals surface area contributed by atoms with E-state index in [1.54, 1.807) is 11.3 Å². The van der Waals surface area contributed by atoms with Gasteiger partial charge >= 0.3 is 0 Å². The second-order valence-corrected chi connectivity index (χ2v) is 5.64. The Kier molecular flexibility index (Phi) is 3.43. The van der Waals surface area contributed by atoms with Crippen LogP contribution in [0.25, 0.3) is 10.1 Å². The normalized spacial score (nSPS) is 10.5. The fourth-order valence-corrected chi connectivity index (χ4v) is 4.24. The Bertz CT molecular complexity index is 507. The summed E-state index contributed by atoms with van der Waals surface area (Å²) in [7, 11) is 0. The summed E-state index contributed by atoms with van der Waals surface area (Å²) in [6.45, 7) is 0.780. The molecule has 15 heavy (non-hydrogen) atoms. The third-order valence-electron chi connectivity index (χ3n) is 1.96. The Labute approximate surface area is 107 Å². The molecule has 1 heterocycles. The summed E-state index contributed by atoms with van der Waals surface area (Å²) in [5.74, 6) is 0. The van der Waals surface area contributed by atoms with Gasteiger partial charge in [0.25, 0.3) is 6.47 Å². The van der Waals surface area contributed by atoms with Gasteiger partial charge in [-0.25, -0.2) is 0 Å². The molecule has 0 aliphatic rings. The van der Waals surface area contributed by atoms with Crippen molar-refractivity contribution in [3.63, 3.8) is 0 Å². The molecule has 78 valence electrons. The molecule has 5 heteroatoms. The highest BCUT2D eigenvalue weighted by molar-refractivity contribution is 9.11. The van der Waals surface area contributed by atoms with Crippen LogP contribution < -0.4 is 0 Å². The van der Waals surface area contributed by atoms with E-state index in [2.05, 4.69) is 31.9 Å². The van der Waals surface area contributed by atoms with Crippen LogP contribution in [0.15, 0.2) is 27.1 Å². The summed E-state index contributed by atoms with van der Waals surface area (Å²) in [5.41, 5.74) is 0. The zero-order valence-corrected chi connectivity index (χ0v) is 11.5. The van der Waals surface area contributed by atoms with Crippen LogP contribution >= 0.6 is 43.2 Å². The molecule has 1 aromatic heterocycles. The minimum absolute atomic E-state index is 0.315. The fourth-order valence-electron chi connectivity index (χ4n) is 1.32. The summed E-state index contributed by atoms with van der Waals surface area (Å²) >= 11 is 8.63. The van der Waals surface area contributed by atoms with E-state index in [-0.39, 0.29) is 0 Å². The first kappa shape index (κ1) is 11.1. The predicted molar refractivity (Wildman–Crippen MR) is 68.1 cm³/mol. The molecule has 0 saturated carbocycles. The van der Waals surface area contributed by atoms with Crippen LogP contribution in [0.5, 0.6) is 0 Å². The van der Waals surface area contributed by atoms with Crippen molar-refractivity contribution >= 4 is 59.8 Å². The van der Waals surface area contributed by atoms with E-state index < -0.39 is 0 Å². The van der Waals surface area contributed by atoms with Gasteiger partial charge in [-0.05, 0) is 28.1 Å². The maximum absolute atomic E-state index is 10.1. The molecule has 2 nitrogen and oxygen atoms in total. The average molecular weight is 350 g/mol. The van der Waals surface area contributed by atoms with E-state index in [1.165, 1.54) is 4.70 Å². The summed E-state index contributed by atoms with van der Waals surface area (Å²) in [6.07, 6.45) is 0. The van der Waals surface area contributed by atoms with Crippen molar-refractivity contribution in [1.29, 1.82) is 0 Å². The third-order valence-corrected chi connectivity index (χ3v) is 4.88. The molecule has 0 atom stereocenters. The summed E-state index contributed by atoms with van der Waals surface area (Å²) < 4.78 is 7.96. The molecule has 0 saturated heterocycles. The van der Waals surface area contributed by atoms with Gasteiger partial charge in [0.05, 0.1) is 4.88 Å². The molecule has 2 aromatic rings. The van der Waals surface area contributed by atoms with Crippen LogP contribution in [-0.4, -0.2) is 6.47 Å². The van der Waals surface area contributed by atoms with E-state index in [0.29, 0.717) is 13.1 Å². The molecular formula is C10H6Br2O2S. The molecule has 0 fully saturated rings. The van der Waals surface area contributed by atoms with Crippen LogP contribution in [0.3, 0.4) is 0 Å². The molecule has 0 aliphatic heterocycles. The first-order valence-corrected chi connectivity index (χ1v) is 6.55. The van der Waals surface area contributed by atoms with E-state index in [1.807, 2.05) is 18.2 Å². The highest BCUT2D eigenvalue weighted by Crippen LogP contribution is 2.39. The number of carbonyl (C=O) groups excluding carboxylic acids is 1. The van der Waals surface area contributed by atoms with Crippen LogP contribution in [0.4, 0.5) is 0 Å². The van der Waals surface area contributed by atoms with Gasteiger partial charge in [0.1, 0.15) is 6.61 Å². The second-order valence-electron chi connectivity index (χ2n) is 2.86. The first-order valence-electron chi connectivity index (χ1n) is 4.14. The van der Waals surface area contributed by atoms with Crippen molar-refractivity contribution in [2.75, 3.05) is 0 Å². The highest BCUT2D eigenvalue weighted by atomic mass is 79.9. The van der Waals surface area contributed by atoms with E-state index >= 15 is 0 Å².